The second-order valence-electron chi connectivity index (χ2n) is 4.82. The van der Waals surface area contributed by atoms with E-state index in [9.17, 15) is 8.42 Å². The predicted molar refractivity (Wildman–Crippen MR) is 81.8 cm³/mol. The van der Waals surface area contributed by atoms with Crippen molar-refractivity contribution in [3.8, 4) is 6.07 Å². The predicted octanol–water partition coefficient (Wildman–Crippen LogP) is 2.74. The minimum Gasteiger partial charge on any atom is -0.212 e. The molecular formula is C16H16N2O2S. The maximum Gasteiger partial charge on any atom is 0.216 e. The molecular weight excluding hydrogens is 284 g/mol. The second kappa shape index (κ2) is 6.53. The summed E-state index contributed by atoms with van der Waals surface area (Å²) < 4.78 is 27.0. The van der Waals surface area contributed by atoms with Crippen LogP contribution in [0, 0.1) is 11.3 Å². The molecule has 21 heavy (non-hydrogen) atoms. The van der Waals surface area contributed by atoms with Crippen molar-refractivity contribution < 1.29 is 8.42 Å². The van der Waals surface area contributed by atoms with Crippen LogP contribution in [0.4, 0.5) is 0 Å². The monoisotopic (exact) mass is 300 g/mol. The van der Waals surface area contributed by atoms with Gasteiger partial charge in [0.05, 0.1) is 17.4 Å². The molecule has 4 nitrogen and oxygen atoms in total. The SMILES string of the molecule is C[C@@H](NS(=O)(=O)Cc1ccc(C#N)cc1)c1ccccc1. The molecule has 0 aliphatic carbocycles. The zero-order chi connectivity index (χ0) is 15.3. The molecule has 1 atom stereocenters. The third-order valence-electron chi connectivity index (χ3n) is 3.10. The van der Waals surface area contributed by atoms with Crippen molar-refractivity contribution in [2.75, 3.05) is 0 Å². The summed E-state index contributed by atoms with van der Waals surface area (Å²) in [6.07, 6.45) is 0. The maximum atomic E-state index is 12.2. The molecule has 0 aliphatic heterocycles. The molecule has 108 valence electrons. The van der Waals surface area contributed by atoms with E-state index >= 15 is 0 Å². The van der Waals surface area contributed by atoms with E-state index in [-0.39, 0.29) is 11.8 Å². The summed E-state index contributed by atoms with van der Waals surface area (Å²) in [5.41, 5.74) is 2.09. The lowest BCUT2D eigenvalue weighted by molar-refractivity contribution is 0.566. The summed E-state index contributed by atoms with van der Waals surface area (Å²) in [4.78, 5) is 0. The van der Waals surface area contributed by atoms with Gasteiger partial charge in [-0.1, -0.05) is 42.5 Å². The Morgan fingerprint density at radius 3 is 2.29 bits per heavy atom. The number of nitrogens with zero attached hydrogens (tertiary/aromatic N) is 1. The number of rotatable bonds is 5. The van der Waals surface area contributed by atoms with E-state index in [2.05, 4.69) is 4.72 Å². The van der Waals surface area contributed by atoms with Crippen LogP contribution in [0.1, 0.15) is 29.7 Å². The third-order valence-corrected chi connectivity index (χ3v) is 4.52. The Balaban J connectivity index is 2.06. The molecule has 0 fully saturated rings. The first-order valence-electron chi connectivity index (χ1n) is 6.54. The molecule has 0 bridgehead atoms. The first kappa shape index (κ1) is 15.2. The smallest absolute Gasteiger partial charge is 0.212 e. The van der Waals surface area contributed by atoms with Crippen LogP contribution in [-0.4, -0.2) is 8.42 Å². The first-order chi connectivity index (χ1) is 10.00. The van der Waals surface area contributed by atoms with Gasteiger partial charge in [-0.15, -0.1) is 0 Å². The molecule has 2 aromatic carbocycles. The highest BCUT2D eigenvalue weighted by atomic mass is 32.2. The summed E-state index contributed by atoms with van der Waals surface area (Å²) in [7, 11) is -3.43. The third kappa shape index (κ3) is 4.42. The van der Waals surface area contributed by atoms with Gasteiger partial charge < -0.3 is 0 Å². The number of hydrogen-bond acceptors (Lipinski definition) is 3. The van der Waals surface area contributed by atoms with Crippen molar-refractivity contribution in [2.24, 2.45) is 0 Å². The number of nitrogens with one attached hydrogen (secondary N) is 1. The Kier molecular flexibility index (Phi) is 4.73. The molecule has 0 saturated heterocycles. The van der Waals surface area contributed by atoms with Gasteiger partial charge in [-0.3, -0.25) is 0 Å². The van der Waals surface area contributed by atoms with Gasteiger partial charge in [-0.25, -0.2) is 13.1 Å². The number of benzene rings is 2. The molecule has 2 aromatic rings. The van der Waals surface area contributed by atoms with Crippen molar-refractivity contribution in [2.45, 2.75) is 18.7 Å². The highest BCUT2D eigenvalue weighted by Gasteiger charge is 2.16. The van der Waals surface area contributed by atoms with Crippen molar-refractivity contribution in [1.29, 1.82) is 5.26 Å². The number of sulfonamides is 1. The zero-order valence-electron chi connectivity index (χ0n) is 11.7. The molecule has 0 saturated carbocycles. The van der Waals surface area contributed by atoms with Crippen LogP contribution in [0.25, 0.3) is 0 Å². The van der Waals surface area contributed by atoms with Crippen molar-refractivity contribution in [1.82, 2.24) is 4.72 Å². The minimum atomic E-state index is -3.43. The van der Waals surface area contributed by atoms with Crippen LogP contribution < -0.4 is 4.72 Å². The Morgan fingerprint density at radius 1 is 1.10 bits per heavy atom. The zero-order valence-corrected chi connectivity index (χ0v) is 12.5. The van der Waals surface area contributed by atoms with E-state index in [1.165, 1.54) is 0 Å². The molecule has 1 N–H and O–H groups in total. The van der Waals surface area contributed by atoms with E-state index in [1.54, 1.807) is 24.3 Å². The summed E-state index contributed by atoms with van der Waals surface area (Å²) in [6.45, 7) is 1.81. The molecule has 2 rings (SSSR count). The van der Waals surface area contributed by atoms with Gasteiger partial charge >= 0.3 is 0 Å². The fraction of sp³-hybridized carbons (Fsp3) is 0.188. The average Bonchev–Trinajstić information content (AvgIpc) is 2.48. The van der Waals surface area contributed by atoms with Gasteiger partial charge in [-0.05, 0) is 30.2 Å². The molecule has 0 heterocycles. The van der Waals surface area contributed by atoms with E-state index in [4.69, 9.17) is 5.26 Å². The standard InChI is InChI=1S/C16H16N2O2S/c1-13(16-5-3-2-4-6-16)18-21(19,20)12-15-9-7-14(11-17)8-10-15/h2-10,13,18H,12H2,1H3/t13-/m1/s1. The van der Waals surface area contributed by atoms with E-state index < -0.39 is 10.0 Å². The topological polar surface area (TPSA) is 70.0 Å². The lowest BCUT2D eigenvalue weighted by Crippen LogP contribution is -2.28. The molecule has 5 heteroatoms. The quantitative estimate of drug-likeness (QED) is 0.923. The molecule has 0 spiro atoms. The Bertz CT molecular complexity index is 732. The highest BCUT2D eigenvalue weighted by Crippen LogP contribution is 2.14. The van der Waals surface area contributed by atoms with Crippen LogP contribution in [-0.2, 0) is 15.8 Å². The average molecular weight is 300 g/mol. The normalized spacial score (nSPS) is 12.6. The van der Waals surface area contributed by atoms with Crippen molar-refractivity contribution in [3.63, 3.8) is 0 Å². The highest BCUT2D eigenvalue weighted by molar-refractivity contribution is 7.88. The number of hydrogen-bond donors (Lipinski definition) is 1. The lowest BCUT2D eigenvalue weighted by Gasteiger charge is -2.14. The Labute approximate surface area is 125 Å². The minimum absolute atomic E-state index is 0.101. The van der Waals surface area contributed by atoms with Crippen molar-refractivity contribution >= 4 is 10.0 Å². The van der Waals surface area contributed by atoms with Gasteiger partial charge in [0, 0.05) is 6.04 Å². The van der Waals surface area contributed by atoms with Gasteiger partial charge in [0.1, 0.15) is 0 Å². The van der Waals surface area contributed by atoms with Crippen LogP contribution in [0.3, 0.4) is 0 Å². The fourth-order valence-corrected chi connectivity index (χ4v) is 3.41. The molecule has 0 aromatic heterocycles. The summed E-state index contributed by atoms with van der Waals surface area (Å²) >= 11 is 0. The summed E-state index contributed by atoms with van der Waals surface area (Å²) in [5.74, 6) is -0.101. The van der Waals surface area contributed by atoms with Crippen LogP contribution in [0.2, 0.25) is 0 Å². The largest absolute Gasteiger partial charge is 0.216 e. The molecule has 0 aliphatic rings. The van der Waals surface area contributed by atoms with Crippen LogP contribution in [0.15, 0.2) is 54.6 Å². The van der Waals surface area contributed by atoms with Gasteiger partial charge in [-0.2, -0.15) is 5.26 Å². The van der Waals surface area contributed by atoms with Gasteiger partial charge in [0.15, 0.2) is 0 Å². The molecule has 0 radical (unpaired) electrons. The van der Waals surface area contributed by atoms with E-state index in [0.717, 1.165) is 5.56 Å². The summed E-state index contributed by atoms with van der Waals surface area (Å²) in [6, 6.07) is 17.7. The van der Waals surface area contributed by atoms with E-state index in [0.29, 0.717) is 11.1 Å². The molecule has 0 amide bonds. The first-order valence-corrected chi connectivity index (χ1v) is 8.19. The van der Waals surface area contributed by atoms with Crippen LogP contribution >= 0.6 is 0 Å². The van der Waals surface area contributed by atoms with E-state index in [1.807, 2.05) is 43.3 Å². The molecule has 0 unspecified atom stereocenters. The second-order valence-corrected chi connectivity index (χ2v) is 6.57. The summed E-state index contributed by atoms with van der Waals surface area (Å²) in [5, 5.41) is 8.73. The Morgan fingerprint density at radius 2 is 1.71 bits per heavy atom. The van der Waals surface area contributed by atoms with Gasteiger partial charge in [0.2, 0.25) is 10.0 Å². The maximum absolute atomic E-state index is 12.2. The van der Waals surface area contributed by atoms with Crippen molar-refractivity contribution in [3.05, 3.63) is 71.3 Å². The van der Waals surface area contributed by atoms with Gasteiger partial charge in [0.25, 0.3) is 0 Å². The number of nitriles is 1. The van der Waals surface area contributed by atoms with Crippen LogP contribution in [0.5, 0.6) is 0 Å². The lowest BCUT2D eigenvalue weighted by atomic mass is 10.1. The fourth-order valence-electron chi connectivity index (χ4n) is 2.02. The Hall–Kier alpha value is -2.16.